The number of rotatable bonds is 10. The van der Waals surface area contributed by atoms with Crippen molar-refractivity contribution in [3.63, 3.8) is 0 Å². The number of nitrogens with one attached hydrogen (secondary N) is 1. The molecule has 0 spiro atoms. The van der Waals surface area contributed by atoms with Crippen LogP contribution in [0.2, 0.25) is 0 Å². The van der Waals surface area contributed by atoms with Crippen LogP contribution in [0, 0.1) is 22.7 Å². The van der Waals surface area contributed by atoms with Gasteiger partial charge in [-0.2, -0.15) is 5.26 Å². The van der Waals surface area contributed by atoms with Gasteiger partial charge in [0.2, 0.25) is 0 Å². The fraction of sp³-hybridized carbons (Fsp3) is 0.680. The third kappa shape index (κ3) is 8.16. The highest BCUT2D eigenvalue weighted by atomic mass is 16.5. The fourth-order valence-electron chi connectivity index (χ4n) is 4.67. The van der Waals surface area contributed by atoms with Gasteiger partial charge in [0.25, 0.3) is 0 Å². The molecule has 31 heavy (non-hydrogen) atoms. The van der Waals surface area contributed by atoms with Gasteiger partial charge in [0.1, 0.15) is 5.75 Å². The highest BCUT2D eigenvalue weighted by molar-refractivity contribution is 5.76. The van der Waals surface area contributed by atoms with Crippen molar-refractivity contribution in [3.05, 3.63) is 29.8 Å². The predicted molar refractivity (Wildman–Crippen MR) is 126 cm³/mol. The molecule has 0 aromatic heterocycles. The second-order valence-corrected chi connectivity index (χ2v) is 9.03. The Kier molecular flexibility index (Phi) is 9.64. The number of hydrogen-bond donors (Lipinski definition) is 1. The van der Waals surface area contributed by atoms with Crippen LogP contribution in [0.5, 0.6) is 5.75 Å². The average Bonchev–Trinajstić information content (AvgIpc) is 2.81. The Morgan fingerprint density at radius 2 is 1.58 bits per heavy atom. The van der Waals surface area contributed by atoms with Crippen LogP contribution in [-0.2, 0) is 0 Å². The van der Waals surface area contributed by atoms with Crippen molar-refractivity contribution in [1.29, 1.82) is 10.7 Å². The molecule has 0 aliphatic carbocycles. The molecule has 0 bridgehead atoms. The van der Waals surface area contributed by atoms with Gasteiger partial charge in [0.05, 0.1) is 24.1 Å². The molecule has 3 rings (SSSR count). The molecule has 2 fully saturated rings. The minimum atomic E-state index is 0.671. The van der Waals surface area contributed by atoms with Gasteiger partial charge in [-0.25, -0.2) is 0 Å². The molecule has 1 aromatic rings. The molecular weight excluding hydrogens is 386 g/mol. The van der Waals surface area contributed by atoms with Crippen LogP contribution >= 0.6 is 0 Å². The van der Waals surface area contributed by atoms with Gasteiger partial charge in [-0.1, -0.05) is 12.8 Å². The topological polar surface area (TPSA) is 66.6 Å². The second-order valence-electron chi connectivity index (χ2n) is 9.03. The van der Waals surface area contributed by atoms with Gasteiger partial charge >= 0.3 is 0 Å². The van der Waals surface area contributed by atoms with Crippen molar-refractivity contribution in [1.82, 2.24) is 14.7 Å². The molecule has 0 amide bonds. The zero-order valence-electron chi connectivity index (χ0n) is 19.2. The second kappa shape index (κ2) is 12.7. The van der Waals surface area contributed by atoms with Crippen molar-refractivity contribution in [3.8, 4) is 11.8 Å². The van der Waals surface area contributed by atoms with E-state index in [2.05, 4.69) is 20.8 Å². The van der Waals surface area contributed by atoms with E-state index in [1.54, 1.807) is 12.1 Å². The summed E-state index contributed by atoms with van der Waals surface area (Å²) >= 11 is 0. The maximum absolute atomic E-state index is 8.84. The summed E-state index contributed by atoms with van der Waals surface area (Å²) in [5.74, 6) is 2.45. The fourth-order valence-corrected chi connectivity index (χ4v) is 4.67. The maximum atomic E-state index is 8.84. The third-order valence-corrected chi connectivity index (χ3v) is 6.76. The summed E-state index contributed by atoms with van der Waals surface area (Å²) in [6.45, 7) is 11.8. The zero-order valence-corrected chi connectivity index (χ0v) is 19.2. The third-order valence-electron chi connectivity index (χ3n) is 6.76. The van der Waals surface area contributed by atoms with Crippen LogP contribution in [0.15, 0.2) is 24.3 Å². The lowest BCUT2D eigenvalue weighted by atomic mass is 9.91. The molecule has 0 radical (unpaired) electrons. The molecule has 6 heteroatoms. The number of ether oxygens (including phenoxy) is 1. The van der Waals surface area contributed by atoms with Crippen LogP contribution in [0.4, 0.5) is 0 Å². The Morgan fingerprint density at radius 3 is 2.16 bits per heavy atom. The lowest BCUT2D eigenvalue weighted by Gasteiger charge is -2.35. The Balaban J connectivity index is 1.18. The van der Waals surface area contributed by atoms with E-state index in [-0.39, 0.29) is 0 Å². The summed E-state index contributed by atoms with van der Waals surface area (Å²) < 4.78 is 5.79. The Bertz CT molecular complexity index is 698. The van der Waals surface area contributed by atoms with E-state index >= 15 is 0 Å². The monoisotopic (exact) mass is 425 g/mol. The summed E-state index contributed by atoms with van der Waals surface area (Å²) in [6, 6.07) is 9.48. The molecule has 2 saturated heterocycles. The Morgan fingerprint density at radius 1 is 0.968 bits per heavy atom. The summed E-state index contributed by atoms with van der Waals surface area (Å²) in [5, 5.41) is 16.6. The summed E-state index contributed by atoms with van der Waals surface area (Å²) in [4.78, 5) is 7.40. The SMILES string of the molecule is CC(=N)N1CCC(CCCCN2CCN(CCCOc3ccc(C#N)cc3)CC2)CC1. The number of unbranched alkanes of at least 4 members (excludes halogenated alkanes) is 1. The number of likely N-dealkylation sites (tertiary alicyclic amines) is 1. The van der Waals surface area contributed by atoms with E-state index in [1.165, 1.54) is 51.7 Å². The van der Waals surface area contributed by atoms with Crippen molar-refractivity contribution in [2.45, 2.75) is 45.4 Å². The van der Waals surface area contributed by atoms with Crippen LogP contribution in [-0.4, -0.2) is 79.5 Å². The first kappa shape index (κ1) is 23.6. The minimum absolute atomic E-state index is 0.671. The smallest absolute Gasteiger partial charge is 0.119 e. The molecule has 1 aromatic carbocycles. The molecule has 2 heterocycles. The number of benzene rings is 1. The molecule has 170 valence electrons. The summed E-state index contributed by atoms with van der Waals surface area (Å²) in [6.07, 6.45) is 7.61. The molecule has 2 aliphatic heterocycles. The predicted octanol–water partition coefficient (Wildman–Crippen LogP) is 3.82. The van der Waals surface area contributed by atoms with Gasteiger partial charge in [0, 0.05) is 45.8 Å². The first-order chi connectivity index (χ1) is 15.1. The Labute approximate surface area is 188 Å². The van der Waals surface area contributed by atoms with Crippen molar-refractivity contribution in [2.24, 2.45) is 5.92 Å². The van der Waals surface area contributed by atoms with E-state index in [1.807, 2.05) is 19.1 Å². The average molecular weight is 426 g/mol. The first-order valence-corrected chi connectivity index (χ1v) is 12.0. The lowest BCUT2D eigenvalue weighted by Crippen LogP contribution is -2.46. The highest BCUT2D eigenvalue weighted by Crippen LogP contribution is 2.22. The van der Waals surface area contributed by atoms with Gasteiger partial charge in [-0.15, -0.1) is 0 Å². The van der Waals surface area contributed by atoms with E-state index < -0.39 is 0 Å². The largest absolute Gasteiger partial charge is 0.494 e. The number of piperazine rings is 1. The van der Waals surface area contributed by atoms with Crippen LogP contribution in [0.1, 0.15) is 51.0 Å². The first-order valence-electron chi connectivity index (χ1n) is 12.0. The van der Waals surface area contributed by atoms with Crippen LogP contribution < -0.4 is 4.74 Å². The molecule has 2 aliphatic rings. The highest BCUT2D eigenvalue weighted by Gasteiger charge is 2.20. The molecule has 0 atom stereocenters. The standard InChI is InChI=1S/C25H39N5O/c1-22(27)30-14-10-23(11-15-30)5-2-3-12-28-16-18-29(19-17-28)13-4-20-31-25-8-6-24(21-26)7-9-25/h6-9,23,27H,2-5,10-20H2,1H3. The van der Waals surface area contributed by atoms with Crippen LogP contribution in [0.3, 0.4) is 0 Å². The van der Waals surface area contributed by atoms with Crippen molar-refractivity contribution >= 4 is 5.84 Å². The number of nitriles is 1. The number of piperidine rings is 1. The normalized spacial score (nSPS) is 18.6. The molecule has 0 saturated carbocycles. The van der Waals surface area contributed by atoms with Gasteiger partial charge in [0.15, 0.2) is 0 Å². The zero-order chi connectivity index (χ0) is 21.9. The van der Waals surface area contributed by atoms with E-state index in [4.69, 9.17) is 15.4 Å². The molecule has 6 nitrogen and oxygen atoms in total. The van der Waals surface area contributed by atoms with Gasteiger partial charge < -0.3 is 19.4 Å². The number of amidine groups is 1. The summed E-state index contributed by atoms with van der Waals surface area (Å²) in [5.41, 5.74) is 0.671. The van der Waals surface area contributed by atoms with Crippen LogP contribution in [0.25, 0.3) is 0 Å². The minimum Gasteiger partial charge on any atom is -0.494 e. The quantitative estimate of drug-likeness (QED) is 0.351. The van der Waals surface area contributed by atoms with E-state index in [0.29, 0.717) is 5.56 Å². The maximum Gasteiger partial charge on any atom is 0.119 e. The molecule has 1 N–H and O–H groups in total. The number of nitrogens with zero attached hydrogens (tertiary/aromatic N) is 4. The van der Waals surface area contributed by atoms with Crippen molar-refractivity contribution in [2.75, 3.05) is 59.0 Å². The lowest BCUT2D eigenvalue weighted by molar-refractivity contribution is 0.124. The Hall–Kier alpha value is -2.10. The number of hydrogen-bond acceptors (Lipinski definition) is 5. The summed E-state index contributed by atoms with van der Waals surface area (Å²) in [7, 11) is 0. The van der Waals surface area contributed by atoms with Gasteiger partial charge in [-0.3, -0.25) is 5.41 Å². The van der Waals surface area contributed by atoms with E-state index in [0.717, 1.165) is 63.3 Å². The molecular formula is C25H39N5O. The van der Waals surface area contributed by atoms with Crippen molar-refractivity contribution < 1.29 is 4.74 Å². The van der Waals surface area contributed by atoms with E-state index in [9.17, 15) is 0 Å². The van der Waals surface area contributed by atoms with Gasteiger partial charge in [-0.05, 0) is 69.3 Å². The molecule has 0 unspecified atom stereocenters.